The highest BCUT2D eigenvalue weighted by Gasteiger charge is 2.06. The van der Waals surface area contributed by atoms with E-state index in [2.05, 4.69) is 15.2 Å². The van der Waals surface area contributed by atoms with Gasteiger partial charge in [0.2, 0.25) is 5.16 Å². The lowest BCUT2D eigenvalue weighted by molar-refractivity contribution is 0.300. The summed E-state index contributed by atoms with van der Waals surface area (Å²) in [5.74, 6) is 0. The van der Waals surface area contributed by atoms with Crippen LogP contribution in [0.1, 0.15) is 18.3 Å². The Kier molecular flexibility index (Phi) is 3.62. The summed E-state index contributed by atoms with van der Waals surface area (Å²) in [6, 6.07) is 0. The third-order valence-corrected chi connectivity index (χ3v) is 2.57. The molecule has 1 aromatic heterocycles. The molecule has 0 saturated carbocycles. The Bertz CT molecular complexity index is 293. The van der Waals surface area contributed by atoms with Gasteiger partial charge in [0.15, 0.2) is 0 Å². The van der Waals surface area contributed by atoms with Gasteiger partial charge in [0.25, 0.3) is 0 Å². The molecule has 0 aliphatic rings. The van der Waals surface area contributed by atoms with Crippen LogP contribution >= 0.6 is 11.8 Å². The Morgan fingerprint density at radius 3 is 2.54 bits per heavy atom. The van der Waals surface area contributed by atoms with Gasteiger partial charge < -0.3 is 5.11 Å². The first-order valence-electron chi connectivity index (χ1n) is 4.09. The third-order valence-electron chi connectivity index (χ3n) is 1.64. The molecule has 13 heavy (non-hydrogen) atoms. The smallest absolute Gasteiger partial charge is 0.209 e. The van der Waals surface area contributed by atoms with Crippen LogP contribution in [0.5, 0.6) is 0 Å². The molecule has 1 N–H and O–H groups in total. The van der Waals surface area contributed by atoms with Crippen LogP contribution in [-0.4, -0.2) is 32.1 Å². The van der Waals surface area contributed by atoms with Crippen LogP contribution < -0.4 is 0 Å². The van der Waals surface area contributed by atoms with Gasteiger partial charge in [-0.15, -0.1) is 5.10 Å². The summed E-state index contributed by atoms with van der Waals surface area (Å²) in [5.41, 5.74) is 1.74. The van der Waals surface area contributed by atoms with Crippen LogP contribution in [0.4, 0.5) is 0 Å². The number of aliphatic hydroxyl groups is 1. The molecule has 5 heteroatoms. The van der Waals surface area contributed by atoms with E-state index in [9.17, 15) is 0 Å². The molecule has 72 valence electrons. The van der Waals surface area contributed by atoms with Crippen molar-refractivity contribution in [2.75, 3.05) is 6.61 Å². The summed E-state index contributed by atoms with van der Waals surface area (Å²) in [6.07, 6.45) is 0. The number of rotatable bonds is 3. The summed E-state index contributed by atoms with van der Waals surface area (Å²) in [5, 5.41) is 17.4. The van der Waals surface area contributed by atoms with Crippen molar-refractivity contribution in [3.63, 3.8) is 0 Å². The van der Waals surface area contributed by atoms with E-state index in [0.29, 0.717) is 5.16 Å². The van der Waals surface area contributed by atoms with Crippen LogP contribution in [0.15, 0.2) is 5.16 Å². The molecule has 1 rings (SSSR count). The topological polar surface area (TPSA) is 58.9 Å². The predicted molar refractivity (Wildman–Crippen MR) is 51.7 cm³/mol. The largest absolute Gasteiger partial charge is 0.395 e. The van der Waals surface area contributed by atoms with Gasteiger partial charge >= 0.3 is 0 Å². The fraction of sp³-hybridized carbons (Fsp3) is 0.625. The Hall–Kier alpha value is -0.680. The molecule has 0 saturated heterocycles. The second-order valence-electron chi connectivity index (χ2n) is 2.88. The van der Waals surface area contributed by atoms with Crippen molar-refractivity contribution in [3.05, 3.63) is 11.4 Å². The fourth-order valence-electron chi connectivity index (χ4n) is 0.704. The average Bonchev–Trinajstić information content (AvgIpc) is 2.11. The Morgan fingerprint density at radius 2 is 2.00 bits per heavy atom. The SMILES string of the molecule is Cc1nnc(SC(C)CO)nc1C. The summed E-state index contributed by atoms with van der Waals surface area (Å²) >= 11 is 1.43. The maximum absolute atomic E-state index is 8.82. The van der Waals surface area contributed by atoms with E-state index < -0.39 is 0 Å². The van der Waals surface area contributed by atoms with Gasteiger partial charge in [-0.3, -0.25) is 0 Å². The van der Waals surface area contributed by atoms with Crippen LogP contribution in [0.25, 0.3) is 0 Å². The Morgan fingerprint density at radius 1 is 1.31 bits per heavy atom. The maximum Gasteiger partial charge on any atom is 0.209 e. The quantitative estimate of drug-likeness (QED) is 0.735. The molecule has 1 aromatic rings. The highest BCUT2D eigenvalue weighted by molar-refractivity contribution is 7.99. The minimum Gasteiger partial charge on any atom is -0.395 e. The molecule has 0 aromatic carbocycles. The van der Waals surface area contributed by atoms with E-state index in [1.165, 1.54) is 11.8 Å². The number of thioether (sulfide) groups is 1. The van der Waals surface area contributed by atoms with Crippen LogP contribution in [0.2, 0.25) is 0 Å². The van der Waals surface area contributed by atoms with E-state index in [-0.39, 0.29) is 11.9 Å². The van der Waals surface area contributed by atoms with Crippen molar-refractivity contribution >= 4 is 11.8 Å². The van der Waals surface area contributed by atoms with Crippen LogP contribution in [0.3, 0.4) is 0 Å². The molecule has 1 atom stereocenters. The van der Waals surface area contributed by atoms with Gasteiger partial charge in [-0.25, -0.2) is 4.98 Å². The summed E-state index contributed by atoms with van der Waals surface area (Å²) in [6.45, 7) is 5.82. The molecular formula is C8H13N3OS. The number of hydrogen-bond acceptors (Lipinski definition) is 5. The van der Waals surface area contributed by atoms with E-state index in [4.69, 9.17) is 5.11 Å². The van der Waals surface area contributed by atoms with Crippen molar-refractivity contribution in [2.24, 2.45) is 0 Å². The second-order valence-corrected chi connectivity index (χ2v) is 4.28. The van der Waals surface area contributed by atoms with Crippen molar-refractivity contribution in [1.29, 1.82) is 0 Å². The first-order chi connectivity index (χ1) is 6.13. The summed E-state index contributed by atoms with van der Waals surface area (Å²) < 4.78 is 0. The minimum atomic E-state index is 0.115. The molecule has 0 aliphatic heterocycles. The van der Waals surface area contributed by atoms with Crippen molar-refractivity contribution in [2.45, 2.75) is 31.2 Å². The van der Waals surface area contributed by atoms with Gasteiger partial charge in [-0.2, -0.15) is 5.10 Å². The lowest BCUT2D eigenvalue weighted by Crippen LogP contribution is -2.05. The van der Waals surface area contributed by atoms with E-state index in [1.54, 1.807) is 0 Å². The number of nitrogens with zero attached hydrogens (tertiary/aromatic N) is 3. The molecule has 0 bridgehead atoms. The number of aliphatic hydroxyl groups excluding tert-OH is 1. The van der Waals surface area contributed by atoms with Gasteiger partial charge in [-0.1, -0.05) is 18.7 Å². The maximum atomic E-state index is 8.82. The number of aryl methyl sites for hydroxylation is 2. The molecule has 0 amide bonds. The monoisotopic (exact) mass is 199 g/mol. The van der Waals surface area contributed by atoms with Crippen LogP contribution in [-0.2, 0) is 0 Å². The Labute approximate surface area is 81.8 Å². The molecule has 0 radical (unpaired) electrons. The number of hydrogen-bond donors (Lipinski definition) is 1. The standard InChI is InChI=1S/C8H13N3OS/c1-5(4-12)13-8-9-6(2)7(3)10-11-8/h5,12H,4H2,1-3H3. The second kappa shape index (κ2) is 4.53. The van der Waals surface area contributed by atoms with E-state index in [0.717, 1.165) is 11.4 Å². The predicted octanol–water partition coefficient (Wildman–Crippen LogP) is 0.961. The Balaban J connectivity index is 2.73. The lowest BCUT2D eigenvalue weighted by atomic mass is 10.4. The first-order valence-corrected chi connectivity index (χ1v) is 4.97. The lowest BCUT2D eigenvalue weighted by Gasteiger charge is -2.05. The van der Waals surface area contributed by atoms with Crippen molar-refractivity contribution < 1.29 is 5.11 Å². The molecule has 0 spiro atoms. The molecule has 4 nitrogen and oxygen atoms in total. The summed E-state index contributed by atoms with van der Waals surface area (Å²) in [4.78, 5) is 4.24. The molecule has 1 heterocycles. The third kappa shape index (κ3) is 2.93. The van der Waals surface area contributed by atoms with Crippen molar-refractivity contribution in [1.82, 2.24) is 15.2 Å². The number of aromatic nitrogens is 3. The zero-order valence-electron chi connectivity index (χ0n) is 7.98. The molecule has 0 fully saturated rings. The summed E-state index contributed by atoms with van der Waals surface area (Å²) in [7, 11) is 0. The highest BCUT2D eigenvalue weighted by Crippen LogP contribution is 2.18. The van der Waals surface area contributed by atoms with Gasteiger partial charge in [0.05, 0.1) is 18.0 Å². The van der Waals surface area contributed by atoms with E-state index in [1.807, 2.05) is 20.8 Å². The molecular weight excluding hydrogens is 186 g/mol. The minimum absolute atomic E-state index is 0.115. The normalized spacial score (nSPS) is 12.9. The van der Waals surface area contributed by atoms with Gasteiger partial charge in [0.1, 0.15) is 0 Å². The van der Waals surface area contributed by atoms with Gasteiger partial charge in [0, 0.05) is 5.25 Å². The molecule has 0 aliphatic carbocycles. The zero-order chi connectivity index (χ0) is 9.84. The zero-order valence-corrected chi connectivity index (χ0v) is 8.80. The fourth-order valence-corrected chi connectivity index (χ4v) is 1.42. The molecule has 1 unspecified atom stereocenters. The van der Waals surface area contributed by atoms with Crippen molar-refractivity contribution in [3.8, 4) is 0 Å². The van der Waals surface area contributed by atoms with E-state index >= 15 is 0 Å². The average molecular weight is 199 g/mol. The first kappa shape index (κ1) is 10.4. The van der Waals surface area contributed by atoms with Crippen LogP contribution in [0, 0.1) is 13.8 Å². The highest BCUT2D eigenvalue weighted by atomic mass is 32.2. The van der Waals surface area contributed by atoms with Gasteiger partial charge in [-0.05, 0) is 13.8 Å².